The van der Waals surface area contributed by atoms with Gasteiger partial charge < -0.3 is 15.0 Å². The van der Waals surface area contributed by atoms with Crippen LogP contribution in [0.4, 0.5) is 0 Å². The molecule has 1 saturated heterocycles. The number of thiophene rings is 1. The number of rotatable bonds is 9. The lowest BCUT2D eigenvalue weighted by molar-refractivity contribution is 0.115. The van der Waals surface area contributed by atoms with E-state index < -0.39 is 0 Å². The molecule has 1 atom stereocenters. The third-order valence-corrected chi connectivity index (χ3v) is 6.07. The van der Waals surface area contributed by atoms with Crippen LogP contribution < -0.4 is 5.32 Å². The fraction of sp³-hybridized carbons (Fsp3) is 0.737. The molecule has 0 radical (unpaired) electrons. The molecule has 1 aromatic heterocycles. The van der Waals surface area contributed by atoms with Crippen molar-refractivity contribution >= 4 is 41.3 Å². The molecule has 1 unspecified atom stereocenters. The summed E-state index contributed by atoms with van der Waals surface area (Å²) >= 11 is 1.86. The van der Waals surface area contributed by atoms with Crippen molar-refractivity contribution < 1.29 is 4.74 Å². The first-order chi connectivity index (χ1) is 12.3. The molecular formula is C19H33IN4OS. The SMILES string of the molecule is CN=C(NCC(c1cccs1)N1CCCC1)N(C)CCOCC1CC1.I. The third kappa shape index (κ3) is 6.65. The summed E-state index contributed by atoms with van der Waals surface area (Å²) in [6, 6.07) is 4.85. The highest BCUT2D eigenvalue weighted by Crippen LogP contribution is 2.29. The van der Waals surface area contributed by atoms with Gasteiger partial charge in [0, 0.05) is 38.7 Å². The highest BCUT2D eigenvalue weighted by Gasteiger charge is 2.25. The number of ether oxygens (including phenoxy) is 1. The fourth-order valence-electron chi connectivity index (χ4n) is 3.36. The first kappa shape index (κ1) is 21.9. The van der Waals surface area contributed by atoms with E-state index in [1.165, 1.54) is 43.6 Å². The van der Waals surface area contributed by atoms with Crippen molar-refractivity contribution in [1.29, 1.82) is 0 Å². The number of nitrogens with zero attached hydrogens (tertiary/aromatic N) is 3. The number of hydrogen-bond donors (Lipinski definition) is 1. The Bertz CT molecular complexity index is 530. The van der Waals surface area contributed by atoms with Gasteiger partial charge in [-0.25, -0.2) is 0 Å². The van der Waals surface area contributed by atoms with Gasteiger partial charge in [0.15, 0.2) is 5.96 Å². The lowest BCUT2D eigenvalue weighted by atomic mass is 10.2. The van der Waals surface area contributed by atoms with Crippen LogP contribution in [0.1, 0.15) is 36.6 Å². The zero-order valence-corrected chi connectivity index (χ0v) is 19.2. The van der Waals surface area contributed by atoms with Gasteiger partial charge in [0.25, 0.3) is 0 Å². The van der Waals surface area contributed by atoms with E-state index in [2.05, 4.69) is 44.7 Å². The Morgan fingerprint density at radius 1 is 1.42 bits per heavy atom. The Balaban J connectivity index is 0.00000243. The second kappa shape index (κ2) is 11.5. The number of aliphatic imine (C=N–C) groups is 1. The summed E-state index contributed by atoms with van der Waals surface area (Å²) in [5.74, 6) is 1.78. The monoisotopic (exact) mass is 492 g/mol. The smallest absolute Gasteiger partial charge is 0.193 e. The molecule has 0 aromatic carbocycles. The van der Waals surface area contributed by atoms with Crippen molar-refractivity contribution in [2.75, 3.05) is 53.5 Å². The standard InChI is InChI=1S/C19H32N4OS.HI/c1-20-19(22(2)11-12-24-15-16-7-8-16)21-14-17(18-6-5-13-25-18)23-9-3-4-10-23;/h5-6,13,16-17H,3-4,7-12,14-15H2,1-2H3,(H,20,21);1H. The van der Waals surface area contributed by atoms with Gasteiger partial charge in [-0.15, -0.1) is 35.3 Å². The van der Waals surface area contributed by atoms with Gasteiger partial charge in [-0.2, -0.15) is 0 Å². The van der Waals surface area contributed by atoms with E-state index in [1.807, 2.05) is 18.4 Å². The molecule has 0 amide bonds. The first-order valence-electron chi connectivity index (χ1n) is 9.55. The summed E-state index contributed by atoms with van der Waals surface area (Å²) in [5, 5.41) is 5.76. The average molecular weight is 492 g/mol. The molecule has 1 saturated carbocycles. The van der Waals surface area contributed by atoms with Gasteiger partial charge in [-0.05, 0) is 56.1 Å². The predicted molar refractivity (Wildman–Crippen MR) is 121 cm³/mol. The molecule has 7 heteroatoms. The highest BCUT2D eigenvalue weighted by molar-refractivity contribution is 14.0. The average Bonchev–Trinajstić information content (AvgIpc) is 3.07. The van der Waals surface area contributed by atoms with Gasteiger partial charge in [0.2, 0.25) is 0 Å². The zero-order chi connectivity index (χ0) is 17.5. The van der Waals surface area contributed by atoms with Crippen molar-refractivity contribution in [3.05, 3.63) is 22.4 Å². The van der Waals surface area contributed by atoms with Crippen LogP contribution in [0.3, 0.4) is 0 Å². The van der Waals surface area contributed by atoms with Crippen molar-refractivity contribution in [2.45, 2.75) is 31.7 Å². The molecule has 2 aliphatic rings. The molecule has 5 nitrogen and oxygen atoms in total. The quantitative estimate of drug-likeness (QED) is 0.248. The Kier molecular flexibility index (Phi) is 9.66. The van der Waals surface area contributed by atoms with Crippen LogP contribution in [0.5, 0.6) is 0 Å². The second-order valence-electron chi connectivity index (χ2n) is 7.14. The van der Waals surface area contributed by atoms with E-state index in [4.69, 9.17) is 4.74 Å². The lowest BCUT2D eigenvalue weighted by Crippen LogP contribution is -2.44. The maximum absolute atomic E-state index is 5.76. The lowest BCUT2D eigenvalue weighted by Gasteiger charge is -2.29. The number of likely N-dealkylation sites (N-methyl/N-ethyl adjacent to an activating group) is 1. The Morgan fingerprint density at radius 3 is 2.81 bits per heavy atom. The molecule has 0 spiro atoms. The largest absolute Gasteiger partial charge is 0.379 e. The normalized spacial score (nSPS) is 19.2. The molecule has 1 aliphatic heterocycles. The summed E-state index contributed by atoms with van der Waals surface area (Å²) in [7, 11) is 3.95. The van der Waals surface area contributed by atoms with Gasteiger partial charge in [0.1, 0.15) is 0 Å². The molecule has 0 bridgehead atoms. The van der Waals surface area contributed by atoms with Crippen LogP contribution >= 0.6 is 35.3 Å². The Morgan fingerprint density at radius 2 is 2.19 bits per heavy atom. The van der Waals surface area contributed by atoms with E-state index in [0.29, 0.717) is 6.04 Å². The molecular weight excluding hydrogens is 459 g/mol. The maximum Gasteiger partial charge on any atom is 0.193 e. The fourth-order valence-corrected chi connectivity index (χ4v) is 4.22. The summed E-state index contributed by atoms with van der Waals surface area (Å²) in [6.45, 7) is 5.88. The van der Waals surface area contributed by atoms with Gasteiger partial charge in [-0.1, -0.05) is 6.07 Å². The molecule has 1 aromatic rings. The molecule has 3 rings (SSSR count). The molecule has 2 fully saturated rings. The molecule has 1 N–H and O–H groups in total. The second-order valence-corrected chi connectivity index (χ2v) is 8.12. The minimum absolute atomic E-state index is 0. The third-order valence-electron chi connectivity index (χ3n) is 5.10. The van der Waals surface area contributed by atoms with Crippen LogP contribution in [-0.4, -0.2) is 69.2 Å². The first-order valence-corrected chi connectivity index (χ1v) is 10.4. The zero-order valence-electron chi connectivity index (χ0n) is 16.0. The van der Waals surface area contributed by atoms with Crippen LogP contribution in [-0.2, 0) is 4.74 Å². The van der Waals surface area contributed by atoms with Crippen LogP contribution in [0.15, 0.2) is 22.5 Å². The minimum Gasteiger partial charge on any atom is -0.379 e. The van der Waals surface area contributed by atoms with Crippen molar-refractivity contribution in [3.8, 4) is 0 Å². The van der Waals surface area contributed by atoms with Gasteiger partial charge in [-0.3, -0.25) is 9.89 Å². The molecule has 2 heterocycles. The van der Waals surface area contributed by atoms with E-state index >= 15 is 0 Å². The Hall–Kier alpha value is -0.380. The minimum atomic E-state index is 0. The molecule has 26 heavy (non-hydrogen) atoms. The van der Waals surface area contributed by atoms with E-state index in [0.717, 1.165) is 38.2 Å². The predicted octanol–water partition coefficient (Wildman–Crippen LogP) is 3.44. The summed E-state index contributed by atoms with van der Waals surface area (Å²) in [4.78, 5) is 10.7. The Labute approximate surface area is 179 Å². The van der Waals surface area contributed by atoms with Crippen molar-refractivity contribution in [1.82, 2.24) is 15.1 Å². The van der Waals surface area contributed by atoms with E-state index in [-0.39, 0.29) is 24.0 Å². The summed E-state index contributed by atoms with van der Waals surface area (Å²) in [6.07, 6.45) is 5.32. The van der Waals surface area contributed by atoms with Crippen molar-refractivity contribution in [3.63, 3.8) is 0 Å². The number of likely N-dealkylation sites (tertiary alicyclic amines) is 1. The summed E-state index contributed by atoms with van der Waals surface area (Å²) in [5.41, 5.74) is 0. The number of nitrogens with one attached hydrogen (secondary N) is 1. The number of guanidine groups is 1. The van der Waals surface area contributed by atoms with Crippen molar-refractivity contribution in [2.24, 2.45) is 10.9 Å². The van der Waals surface area contributed by atoms with Gasteiger partial charge >= 0.3 is 0 Å². The highest BCUT2D eigenvalue weighted by atomic mass is 127. The van der Waals surface area contributed by atoms with Crippen LogP contribution in [0, 0.1) is 5.92 Å². The summed E-state index contributed by atoms with van der Waals surface area (Å²) < 4.78 is 5.76. The van der Waals surface area contributed by atoms with Gasteiger partial charge in [0.05, 0.1) is 12.6 Å². The van der Waals surface area contributed by atoms with Crippen LogP contribution in [0.2, 0.25) is 0 Å². The number of halogens is 1. The van der Waals surface area contributed by atoms with E-state index in [1.54, 1.807) is 0 Å². The van der Waals surface area contributed by atoms with E-state index in [9.17, 15) is 0 Å². The van der Waals surface area contributed by atoms with Crippen LogP contribution in [0.25, 0.3) is 0 Å². The number of hydrogen-bond acceptors (Lipinski definition) is 4. The maximum atomic E-state index is 5.76. The molecule has 148 valence electrons. The molecule has 1 aliphatic carbocycles. The topological polar surface area (TPSA) is 40.1 Å².